The number of furan rings is 1. The van der Waals surface area contributed by atoms with Crippen LogP contribution in [0.2, 0.25) is 0 Å². The van der Waals surface area contributed by atoms with Crippen LogP contribution in [-0.2, 0) is 0 Å². The zero-order valence-electron chi connectivity index (χ0n) is 10.3. The number of hydrogen-bond acceptors (Lipinski definition) is 2. The highest BCUT2D eigenvalue weighted by atomic mass is 127. The lowest BCUT2D eigenvalue weighted by molar-refractivity contribution is 0.250. The van der Waals surface area contributed by atoms with Gasteiger partial charge in [-0.1, -0.05) is 0 Å². The molecule has 2 bridgehead atoms. The highest BCUT2D eigenvalue weighted by Gasteiger charge is 2.29. The van der Waals surface area contributed by atoms with Gasteiger partial charge in [0.05, 0.1) is 3.57 Å². The zero-order chi connectivity index (χ0) is 13.0. The molecule has 0 spiro atoms. The Morgan fingerprint density at radius 3 is 2.68 bits per heavy atom. The predicted molar refractivity (Wildman–Crippen MR) is 81.2 cm³/mol. The van der Waals surface area contributed by atoms with Crippen LogP contribution in [0.5, 0.6) is 0 Å². The van der Waals surface area contributed by atoms with Gasteiger partial charge in [0.1, 0.15) is 17.2 Å². The minimum Gasteiger partial charge on any atom is -0.455 e. The van der Waals surface area contributed by atoms with Crippen molar-refractivity contribution >= 4 is 39.1 Å². The number of piperidine rings is 1. The normalized spacial score (nSPS) is 19.3. The van der Waals surface area contributed by atoms with Crippen molar-refractivity contribution in [2.45, 2.75) is 12.8 Å². The Kier molecular flexibility index (Phi) is 2.62. The van der Waals surface area contributed by atoms with Crippen LogP contribution in [0.25, 0.3) is 16.5 Å². The average molecular weight is 369 g/mol. The second-order valence-corrected chi connectivity index (χ2v) is 6.47. The summed E-state index contributed by atoms with van der Waals surface area (Å²) in [6.07, 6.45) is 4.63. The molecule has 1 aromatic heterocycles. The van der Waals surface area contributed by atoms with Crippen LogP contribution >= 0.6 is 22.6 Å². The van der Waals surface area contributed by atoms with Crippen LogP contribution in [0.15, 0.2) is 28.8 Å². The van der Waals surface area contributed by atoms with E-state index in [1.807, 2.05) is 6.07 Å². The van der Waals surface area contributed by atoms with E-state index in [2.05, 4.69) is 33.7 Å². The van der Waals surface area contributed by atoms with Gasteiger partial charge in [0.15, 0.2) is 0 Å². The van der Waals surface area contributed by atoms with Crippen molar-refractivity contribution in [2.75, 3.05) is 13.1 Å². The van der Waals surface area contributed by atoms with Crippen LogP contribution in [0.1, 0.15) is 18.6 Å². The van der Waals surface area contributed by atoms with Crippen LogP contribution < -0.4 is 0 Å². The molecule has 4 heterocycles. The molecule has 0 unspecified atom stereocenters. The first kappa shape index (κ1) is 11.8. The van der Waals surface area contributed by atoms with E-state index in [4.69, 9.17) is 4.42 Å². The monoisotopic (exact) mass is 369 g/mol. The minimum atomic E-state index is -0.202. The van der Waals surface area contributed by atoms with Gasteiger partial charge in [-0.3, -0.25) is 0 Å². The van der Waals surface area contributed by atoms with E-state index < -0.39 is 0 Å². The summed E-state index contributed by atoms with van der Waals surface area (Å²) in [5.41, 5.74) is 2.08. The van der Waals surface area contributed by atoms with Crippen LogP contribution in [-0.4, -0.2) is 18.0 Å². The Labute approximate surface area is 124 Å². The number of benzene rings is 1. The van der Waals surface area contributed by atoms with Gasteiger partial charge < -0.3 is 9.32 Å². The Bertz CT molecular complexity index is 683. The van der Waals surface area contributed by atoms with Crippen molar-refractivity contribution < 1.29 is 8.81 Å². The van der Waals surface area contributed by atoms with Crippen molar-refractivity contribution in [3.8, 4) is 0 Å². The average Bonchev–Trinajstić information content (AvgIpc) is 2.84. The highest BCUT2D eigenvalue weighted by Crippen LogP contribution is 2.39. The molecular weight excluding hydrogens is 356 g/mol. The lowest BCUT2D eigenvalue weighted by Crippen LogP contribution is -2.35. The van der Waals surface area contributed by atoms with Gasteiger partial charge in [-0.05, 0) is 59.5 Å². The molecule has 0 aliphatic carbocycles. The molecule has 1 aromatic carbocycles. The smallest absolute Gasteiger partial charge is 0.148 e. The highest BCUT2D eigenvalue weighted by molar-refractivity contribution is 14.1. The van der Waals surface area contributed by atoms with Crippen molar-refractivity contribution in [2.24, 2.45) is 5.92 Å². The molecule has 4 heteroatoms. The SMILES string of the molecule is Fc1cc(I)c2oc(C3=CN4CCC3CC4)cc2c1. The molecule has 3 aliphatic rings. The minimum absolute atomic E-state index is 0.202. The summed E-state index contributed by atoms with van der Waals surface area (Å²) in [5.74, 6) is 1.31. The third-order valence-electron chi connectivity index (χ3n) is 4.11. The van der Waals surface area contributed by atoms with E-state index in [0.717, 1.165) is 33.4 Å². The number of fused-ring (bicyclic) bond motifs is 3. The van der Waals surface area contributed by atoms with Gasteiger partial charge in [-0.2, -0.15) is 0 Å². The molecule has 1 saturated heterocycles. The zero-order valence-corrected chi connectivity index (χ0v) is 12.5. The molecule has 5 rings (SSSR count). The quantitative estimate of drug-likeness (QED) is 0.700. The molecule has 19 heavy (non-hydrogen) atoms. The molecule has 0 atom stereocenters. The maximum Gasteiger partial charge on any atom is 0.148 e. The summed E-state index contributed by atoms with van der Waals surface area (Å²) >= 11 is 2.13. The fourth-order valence-corrected chi connectivity index (χ4v) is 3.84. The van der Waals surface area contributed by atoms with Crippen LogP contribution in [0.3, 0.4) is 0 Å². The largest absolute Gasteiger partial charge is 0.455 e. The Hall–Kier alpha value is -1.04. The first-order valence-corrected chi connectivity index (χ1v) is 7.63. The van der Waals surface area contributed by atoms with Crippen molar-refractivity contribution in [3.05, 3.63) is 39.5 Å². The molecule has 2 nitrogen and oxygen atoms in total. The molecule has 98 valence electrons. The number of hydrogen-bond donors (Lipinski definition) is 0. The number of allylic oxidation sites excluding steroid dienone is 1. The molecule has 0 N–H and O–H groups in total. The summed E-state index contributed by atoms with van der Waals surface area (Å²) in [4.78, 5) is 2.36. The second-order valence-electron chi connectivity index (χ2n) is 5.31. The van der Waals surface area contributed by atoms with Gasteiger partial charge in [0.2, 0.25) is 0 Å². The number of nitrogens with zero attached hydrogens (tertiary/aromatic N) is 1. The molecule has 1 fully saturated rings. The third kappa shape index (κ3) is 1.88. The molecule has 2 aromatic rings. The van der Waals surface area contributed by atoms with Gasteiger partial charge in [0, 0.05) is 30.2 Å². The topological polar surface area (TPSA) is 16.4 Å². The molecular formula is C15H13FINO. The van der Waals surface area contributed by atoms with E-state index in [-0.39, 0.29) is 5.82 Å². The lowest BCUT2D eigenvalue weighted by atomic mass is 9.84. The molecule has 0 saturated carbocycles. The maximum absolute atomic E-state index is 13.4. The Morgan fingerprint density at radius 1 is 1.21 bits per heavy atom. The first-order chi connectivity index (χ1) is 9.20. The summed E-state index contributed by atoms with van der Waals surface area (Å²) in [6.45, 7) is 2.31. The maximum atomic E-state index is 13.4. The van der Waals surface area contributed by atoms with E-state index in [9.17, 15) is 4.39 Å². The standard InChI is InChI=1S/C15H13FINO/c16-11-5-10-6-14(19-15(10)13(17)7-11)12-8-18-3-1-9(12)2-4-18/h5-9H,1-4H2. The van der Waals surface area contributed by atoms with Gasteiger partial charge >= 0.3 is 0 Å². The van der Waals surface area contributed by atoms with E-state index in [1.54, 1.807) is 6.07 Å². The summed E-state index contributed by atoms with van der Waals surface area (Å²) < 4.78 is 20.2. The predicted octanol–water partition coefficient (Wildman–Crippen LogP) is 4.24. The number of halogens is 2. The summed E-state index contributed by atoms with van der Waals surface area (Å²) in [7, 11) is 0. The van der Waals surface area contributed by atoms with Crippen LogP contribution in [0, 0.1) is 15.3 Å². The fraction of sp³-hybridized carbons (Fsp3) is 0.333. The number of rotatable bonds is 1. The van der Waals surface area contributed by atoms with Gasteiger partial charge in [0.25, 0.3) is 0 Å². The lowest BCUT2D eigenvalue weighted by Gasteiger charge is -2.38. The summed E-state index contributed by atoms with van der Waals surface area (Å²) in [5, 5.41) is 0.858. The third-order valence-corrected chi connectivity index (χ3v) is 4.91. The Morgan fingerprint density at radius 2 is 2.00 bits per heavy atom. The first-order valence-electron chi connectivity index (χ1n) is 6.55. The van der Waals surface area contributed by atoms with E-state index in [1.165, 1.54) is 24.5 Å². The Balaban J connectivity index is 1.86. The van der Waals surface area contributed by atoms with Crippen molar-refractivity contribution in [3.63, 3.8) is 0 Å². The van der Waals surface area contributed by atoms with Gasteiger partial charge in [-0.15, -0.1) is 0 Å². The van der Waals surface area contributed by atoms with E-state index >= 15 is 0 Å². The van der Waals surface area contributed by atoms with Crippen molar-refractivity contribution in [1.82, 2.24) is 4.90 Å². The molecule has 0 radical (unpaired) electrons. The van der Waals surface area contributed by atoms with Gasteiger partial charge in [-0.25, -0.2) is 4.39 Å². The van der Waals surface area contributed by atoms with E-state index in [0.29, 0.717) is 5.92 Å². The van der Waals surface area contributed by atoms with Crippen molar-refractivity contribution in [1.29, 1.82) is 0 Å². The fourth-order valence-electron chi connectivity index (χ4n) is 3.12. The van der Waals surface area contributed by atoms with Crippen LogP contribution in [0.4, 0.5) is 4.39 Å². The molecule has 0 amide bonds. The molecule has 3 aliphatic heterocycles. The second kappa shape index (κ2) is 4.23. The summed E-state index contributed by atoms with van der Waals surface area (Å²) in [6, 6.07) is 5.04.